The van der Waals surface area contributed by atoms with Gasteiger partial charge in [-0.2, -0.15) is 0 Å². The quantitative estimate of drug-likeness (QED) is 0.582. The van der Waals surface area contributed by atoms with E-state index in [0.717, 1.165) is 0 Å². The number of piperazine rings is 1. The number of rotatable bonds is 2. The van der Waals surface area contributed by atoms with E-state index in [9.17, 15) is 14.4 Å². The summed E-state index contributed by atoms with van der Waals surface area (Å²) < 4.78 is 0. The number of hydrogen-bond acceptors (Lipinski definition) is 3. The highest BCUT2D eigenvalue weighted by atomic mass is 16.4. The average molecular weight is 256 g/mol. The number of aliphatic carboxylic acids is 1. The molecule has 18 heavy (non-hydrogen) atoms. The molecule has 0 aromatic heterocycles. The number of nitrogens with one attached hydrogen (secondary N) is 2. The number of fused-ring (bicyclic) bond motifs is 1. The molecule has 3 N–H and O–H groups in total. The maximum Gasteiger partial charge on any atom is 0.325 e. The Morgan fingerprint density at radius 1 is 1.50 bits per heavy atom. The molecule has 4 amide bonds. The zero-order valence-corrected chi connectivity index (χ0v) is 10.0. The van der Waals surface area contributed by atoms with Gasteiger partial charge < -0.3 is 25.5 Å². The Morgan fingerprint density at radius 2 is 2.22 bits per heavy atom. The number of amides is 4. The molecule has 0 spiro atoms. The van der Waals surface area contributed by atoms with E-state index in [1.54, 1.807) is 9.80 Å². The van der Waals surface area contributed by atoms with Crippen LogP contribution in [0, 0.1) is 0 Å². The van der Waals surface area contributed by atoms with Gasteiger partial charge in [-0.15, -0.1) is 0 Å². The minimum Gasteiger partial charge on any atom is -0.480 e. The first-order valence-electron chi connectivity index (χ1n) is 5.81. The lowest BCUT2D eigenvalue weighted by Gasteiger charge is -2.36. The fourth-order valence-electron chi connectivity index (χ4n) is 2.13. The maximum atomic E-state index is 11.8. The highest BCUT2D eigenvalue weighted by Gasteiger charge is 2.37. The number of hydrogen-bond donors (Lipinski definition) is 3. The molecule has 8 nitrogen and oxygen atoms in total. The van der Waals surface area contributed by atoms with Crippen molar-refractivity contribution in [2.24, 2.45) is 0 Å². The van der Waals surface area contributed by atoms with Crippen molar-refractivity contribution in [1.29, 1.82) is 0 Å². The summed E-state index contributed by atoms with van der Waals surface area (Å²) >= 11 is 0. The van der Waals surface area contributed by atoms with E-state index in [-0.39, 0.29) is 12.1 Å². The summed E-state index contributed by atoms with van der Waals surface area (Å²) in [5, 5.41) is 13.8. The second kappa shape index (κ2) is 4.71. The number of nitrogens with zero attached hydrogens (tertiary/aromatic N) is 2. The molecule has 2 fully saturated rings. The number of urea groups is 2. The summed E-state index contributed by atoms with van der Waals surface area (Å²) in [6.07, 6.45) is 0. The molecule has 2 aliphatic heterocycles. The van der Waals surface area contributed by atoms with Crippen molar-refractivity contribution in [1.82, 2.24) is 20.4 Å². The second-order valence-electron chi connectivity index (χ2n) is 4.49. The smallest absolute Gasteiger partial charge is 0.325 e. The minimum atomic E-state index is -1.07. The van der Waals surface area contributed by atoms with E-state index in [0.29, 0.717) is 26.2 Å². The minimum absolute atomic E-state index is 0.0165. The zero-order valence-electron chi connectivity index (χ0n) is 10.0. The molecular formula is C10H16N4O4. The number of carbonyl (C=O) groups is 3. The van der Waals surface area contributed by atoms with Crippen LogP contribution in [0.25, 0.3) is 0 Å². The van der Waals surface area contributed by atoms with Gasteiger partial charge in [-0.05, 0) is 6.92 Å². The van der Waals surface area contributed by atoms with Crippen LogP contribution >= 0.6 is 0 Å². The van der Waals surface area contributed by atoms with Crippen molar-refractivity contribution >= 4 is 18.0 Å². The van der Waals surface area contributed by atoms with Gasteiger partial charge in [0.05, 0.1) is 6.04 Å². The normalized spacial score (nSPS) is 24.3. The monoisotopic (exact) mass is 256 g/mol. The van der Waals surface area contributed by atoms with Crippen molar-refractivity contribution in [2.45, 2.75) is 19.0 Å². The zero-order chi connectivity index (χ0) is 13.3. The van der Waals surface area contributed by atoms with E-state index < -0.39 is 18.0 Å². The van der Waals surface area contributed by atoms with Gasteiger partial charge in [-0.25, -0.2) is 9.59 Å². The summed E-state index contributed by atoms with van der Waals surface area (Å²) in [4.78, 5) is 37.1. The van der Waals surface area contributed by atoms with Gasteiger partial charge in [0, 0.05) is 26.2 Å². The lowest BCUT2D eigenvalue weighted by Crippen LogP contribution is -2.57. The van der Waals surface area contributed by atoms with Gasteiger partial charge in [-0.3, -0.25) is 4.79 Å². The van der Waals surface area contributed by atoms with E-state index in [2.05, 4.69) is 10.6 Å². The fourth-order valence-corrected chi connectivity index (χ4v) is 2.13. The largest absolute Gasteiger partial charge is 0.480 e. The molecule has 2 atom stereocenters. The van der Waals surface area contributed by atoms with Gasteiger partial charge in [0.15, 0.2) is 0 Å². The van der Waals surface area contributed by atoms with Crippen LogP contribution in [0.3, 0.4) is 0 Å². The number of carbonyl (C=O) groups excluding carboxylic acids is 2. The lowest BCUT2D eigenvalue weighted by molar-refractivity contribution is -0.138. The van der Waals surface area contributed by atoms with Crippen LogP contribution in [0.15, 0.2) is 0 Å². The lowest BCUT2D eigenvalue weighted by atomic mass is 10.2. The van der Waals surface area contributed by atoms with Crippen LogP contribution in [-0.2, 0) is 4.79 Å². The van der Waals surface area contributed by atoms with E-state index in [1.807, 2.05) is 0 Å². The van der Waals surface area contributed by atoms with Crippen molar-refractivity contribution in [3.8, 4) is 0 Å². The van der Waals surface area contributed by atoms with Crippen molar-refractivity contribution < 1.29 is 19.5 Å². The Morgan fingerprint density at radius 3 is 2.89 bits per heavy atom. The molecule has 2 unspecified atom stereocenters. The third-order valence-corrected chi connectivity index (χ3v) is 3.23. The SMILES string of the molecule is CC(NC(=O)N1CCN2C(=O)NCC2C1)C(=O)O. The van der Waals surface area contributed by atoms with Gasteiger partial charge >= 0.3 is 18.0 Å². The Labute approximate surface area is 104 Å². The first-order chi connectivity index (χ1) is 8.49. The first kappa shape index (κ1) is 12.5. The van der Waals surface area contributed by atoms with Crippen LogP contribution in [0.1, 0.15) is 6.92 Å². The van der Waals surface area contributed by atoms with Crippen molar-refractivity contribution in [3.63, 3.8) is 0 Å². The molecule has 0 bridgehead atoms. The van der Waals surface area contributed by atoms with Crippen LogP contribution in [0.2, 0.25) is 0 Å². The second-order valence-corrected chi connectivity index (χ2v) is 4.49. The Balaban J connectivity index is 1.90. The molecule has 2 saturated heterocycles. The summed E-state index contributed by atoms with van der Waals surface area (Å²) in [6, 6.07) is -1.43. The topological polar surface area (TPSA) is 102 Å². The molecule has 0 aromatic rings. The van der Waals surface area contributed by atoms with E-state index in [4.69, 9.17) is 5.11 Å². The first-order valence-corrected chi connectivity index (χ1v) is 5.81. The number of carboxylic acid groups (broad SMARTS) is 1. The molecule has 0 aromatic carbocycles. The van der Waals surface area contributed by atoms with Crippen molar-refractivity contribution in [3.05, 3.63) is 0 Å². The van der Waals surface area contributed by atoms with E-state index in [1.165, 1.54) is 6.92 Å². The van der Waals surface area contributed by atoms with Crippen LogP contribution in [0.4, 0.5) is 9.59 Å². The molecule has 2 rings (SSSR count). The van der Waals surface area contributed by atoms with Crippen LogP contribution in [0.5, 0.6) is 0 Å². The average Bonchev–Trinajstić information content (AvgIpc) is 2.70. The predicted octanol–water partition coefficient (Wildman–Crippen LogP) is -1.12. The third-order valence-electron chi connectivity index (χ3n) is 3.23. The Kier molecular flexibility index (Phi) is 3.26. The maximum absolute atomic E-state index is 11.8. The predicted molar refractivity (Wildman–Crippen MR) is 61.1 cm³/mol. The highest BCUT2D eigenvalue weighted by Crippen LogP contribution is 2.14. The van der Waals surface area contributed by atoms with E-state index >= 15 is 0 Å². The summed E-state index contributed by atoms with van der Waals surface area (Å²) in [7, 11) is 0. The molecule has 0 radical (unpaired) electrons. The van der Waals surface area contributed by atoms with Gasteiger partial charge in [-0.1, -0.05) is 0 Å². The molecule has 2 heterocycles. The molecule has 8 heteroatoms. The molecule has 0 saturated carbocycles. The van der Waals surface area contributed by atoms with Gasteiger partial charge in [0.25, 0.3) is 0 Å². The number of carboxylic acids is 1. The molecular weight excluding hydrogens is 240 g/mol. The summed E-state index contributed by atoms with van der Waals surface area (Å²) in [5.74, 6) is -1.07. The van der Waals surface area contributed by atoms with Crippen molar-refractivity contribution in [2.75, 3.05) is 26.2 Å². The van der Waals surface area contributed by atoms with Gasteiger partial charge in [0.1, 0.15) is 6.04 Å². The van der Waals surface area contributed by atoms with Crippen LogP contribution in [-0.4, -0.2) is 71.2 Å². The van der Waals surface area contributed by atoms with Crippen LogP contribution < -0.4 is 10.6 Å². The standard InChI is InChI=1S/C10H16N4O4/c1-6(8(15)16)12-10(18)13-2-3-14-7(5-13)4-11-9(14)17/h6-7H,2-5H2,1H3,(H,11,17)(H,12,18)(H,15,16). The highest BCUT2D eigenvalue weighted by molar-refractivity contribution is 5.83. The molecule has 0 aliphatic carbocycles. The van der Waals surface area contributed by atoms with Gasteiger partial charge in [0.2, 0.25) is 0 Å². The molecule has 2 aliphatic rings. The Hall–Kier alpha value is -1.99. The summed E-state index contributed by atoms with van der Waals surface area (Å²) in [5.41, 5.74) is 0. The fraction of sp³-hybridized carbons (Fsp3) is 0.700. The Bertz CT molecular complexity index is 386. The third kappa shape index (κ3) is 2.31. The summed E-state index contributed by atoms with van der Waals surface area (Å²) in [6.45, 7) is 3.26. The molecule has 100 valence electrons.